The molecule has 1 saturated heterocycles. The van der Waals surface area contributed by atoms with Crippen molar-refractivity contribution >= 4 is 5.82 Å². The van der Waals surface area contributed by atoms with E-state index in [0.29, 0.717) is 11.8 Å². The van der Waals surface area contributed by atoms with Crippen molar-refractivity contribution in [2.75, 3.05) is 38.3 Å². The summed E-state index contributed by atoms with van der Waals surface area (Å²) in [4.78, 5) is 11.4. The standard InChI is InChI=1S/C16H28N4O/c1-13(2)7-17-8-15-9-19-16(10-18-15)20-6-4-5-14(11-20)12-21-3/h9-10,13-14,17H,4-8,11-12H2,1-3H3. The molecule has 118 valence electrons. The first kappa shape index (κ1) is 16.2. The fraction of sp³-hybridized carbons (Fsp3) is 0.750. The normalized spacial score (nSPS) is 19.2. The highest BCUT2D eigenvalue weighted by molar-refractivity contribution is 5.36. The molecule has 1 aliphatic rings. The maximum Gasteiger partial charge on any atom is 0.147 e. The van der Waals surface area contributed by atoms with E-state index in [9.17, 15) is 0 Å². The van der Waals surface area contributed by atoms with Crippen LogP contribution in [-0.4, -0.2) is 43.3 Å². The summed E-state index contributed by atoms with van der Waals surface area (Å²) in [5, 5.41) is 3.39. The number of hydrogen-bond acceptors (Lipinski definition) is 5. The molecule has 0 aliphatic carbocycles. The van der Waals surface area contributed by atoms with Crippen LogP contribution >= 0.6 is 0 Å². The van der Waals surface area contributed by atoms with Gasteiger partial charge in [-0.15, -0.1) is 0 Å². The molecular formula is C16H28N4O. The second kappa shape index (κ2) is 8.29. The van der Waals surface area contributed by atoms with E-state index in [0.717, 1.165) is 44.3 Å². The summed E-state index contributed by atoms with van der Waals surface area (Å²) in [7, 11) is 1.78. The average molecular weight is 292 g/mol. The molecule has 0 radical (unpaired) electrons. The Kier molecular flexibility index (Phi) is 6.39. The first-order chi connectivity index (χ1) is 10.2. The van der Waals surface area contributed by atoms with Crippen LogP contribution < -0.4 is 10.2 Å². The van der Waals surface area contributed by atoms with Crippen molar-refractivity contribution in [3.8, 4) is 0 Å². The molecule has 0 amide bonds. The molecule has 21 heavy (non-hydrogen) atoms. The highest BCUT2D eigenvalue weighted by atomic mass is 16.5. The third kappa shape index (κ3) is 5.25. The molecule has 1 N–H and O–H groups in total. The molecule has 0 saturated carbocycles. The summed E-state index contributed by atoms with van der Waals surface area (Å²) >= 11 is 0. The van der Waals surface area contributed by atoms with Gasteiger partial charge < -0.3 is 15.0 Å². The molecule has 1 aromatic heterocycles. The molecule has 1 aromatic rings. The van der Waals surface area contributed by atoms with E-state index in [4.69, 9.17) is 4.74 Å². The van der Waals surface area contributed by atoms with Gasteiger partial charge in [-0.3, -0.25) is 4.98 Å². The number of ether oxygens (including phenoxy) is 1. The van der Waals surface area contributed by atoms with Crippen LogP contribution in [0.1, 0.15) is 32.4 Å². The van der Waals surface area contributed by atoms with Gasteiger partial charge in [0.05, 0.1) is 24.7 Å². The largest absolute Gasteiger partial charge is 0.384 e. The van der Waals surface area contributed by atoms with Crippen molar-refractivity contribution < 1.29 is 4.74 Å². The van der Waals surface area contributed by atoms with Crippen LogP contribution in [0.2, 0.25) is 0 Å². The lowest BCUT2D eigenvalue weighted by Gasteiger charge is -2.33. The Morgan fingerprint density at radius 1 is 1.38 bits per heavy atom. The minimum Gasteiger partial charge on any atom is -0.384 e. The monoisotopic (exact) mass is 292 g/mol. The number of anilines is 1. The number of methoxy groups -OCH3 is 1. The molecule has 5 heteroatoms. The molecule has 2 rings (SSSR count). The van der Waals surface area contributed by atoms with Crippen molar-refractivity contribution in [3.05, 3.63) is 18.1 Å². The van der Waals surface area contributed by atoms with Gasteiger partial charge in [-0.1, -0.05) is 13.8 Å². The molecular weight excluding hydrogens is 264 g/mol. The quantitative estimate of drug-likeness (QED) is 0.834. The van der Waals surface area contributed by atoms with E-state index in [1.807, 2.05) is 12.4 Å². The second-order valence-corrected chi connectivity index (χ2v) is 6.30. The Morgan fingerprint density at radius 3 is 2.90 bits per heavy atom. The molecule has 0 aromatic carbocycles. The van der Waals surface area contributed by atoms with E-state index < -0.39 is 0 Å². The van der Waals surface area contributed by atoms with Gasteiger partial charge >= 0.3 is 0 Å². The Hall–Kier alpha value is -1.20. The number of hydrogen-bond donors (Lipinski definition) is 1. The van der Waals surface area contributed by atoms with Gasteiger partial charge in [0.1, 0.15) is 5.82 Å². The van der Waals surface area contributed by atoms with Crippen molar-refractivity contribution in [2.24, 2.45) is 11.8 Å². The predicted molar refractivity (Wildman–Crippen MR) is 85.4 cm³/mol. The van der Waals surface area contributed by atoms with Gasteiger partial charge in [-0.25, -0.2) is 4.98 Å². The maximum absolute atomic E-state index is 5.28. The molecule has 2 heterocycles. The number of nitrogens with one attached hydrogen (secondary N) is 1. The molecule has 5 nitrogen and oxygen atoms in total. The summed E-state index contributed by atoms with van der Waals surface area (Å²) in [6.07, 6.45) is 6.24. The van der Waals surface area contributed by atoms with Crippen LogP contribution in [0.15, 0.2) is 12.4 Å². The molecule has 0 bridgehead atoms. The summed E-state index contributed by atoms with van der Waals surface area (Å²) in [5.41, 5.74) is 1.00. The summed E-state index contributed by atoms with van der Waals surface area (Å²) in [5.74, 6) is 2.25. The van der Waals surface area contributed by atoms with E-state index >= 15 is 0 Å². The van der Waals surface area contributed by atoms with Crippen molar-refractivity contribution in [1.82, 2.24) is 15.3 Å². The number of aromatic nitrogens is 2. The lowest BCUT2D eigenvalue weighted by atomic mass is 9.99. The molecule has 1 atom stereocenters. The topological polar surface area (TPSA) is 50.3 Å². The first-order valence-corrected chi connectivity index (χ1v) is 7.94. The maximum atomic E-state index is 5.28. The molecule has 1 unspecified atom stereocenters. The lowest BCUT2D eigenvalue weighted by molar-refractivity contribution is 0.143. The van der Waals surface area contributed by atoms with Gasteiger partial charge in [0.2, 0.25) is 0 Å². The van der Waals surface area contributed by atoms with Crippen LogP contribution in [0, 0.1) is 11.8 Å². The van der Waals surface area contributed by atoms with Gasteiger partial charge in [-0.05, 0) is 31.2 Å². The fourth-order valence-corrected chi connectivity index (χ4v) is 2.74. The van der Waals surface area contributed by atoms with E-state index in [-0.39, 0.29) is 0 Å². The van der Waals surface area contributed by atoms with E-state index in [1.165, 1.54) is 12.8 Å². The minimum atomic E-state index is 0.609. The highest BCUT2D eigenvalue weighted by Crippen LogP contribution is 2.21. The van der Waals surface area contributed by atoms with Gasteiger partial charge in [0.15, 0.2) is 0 Å². The SMILES string of the molecule is COCC1CCCN(c2cnc(CNCC(C)C)cn2)C1. The van der Waals surface area contributed by atoms with E-state index in [2.05, 4.69) is 34.0 Å². The highest BCUT2D eigenvalue weighted by Gasteiger charge is 2.20. The van der Waals surface area contributed by atoms with Crippen LogP contribution in [-0.2, 0) is 11.3 Å². The van der Waals surface area contributed by atoms with Gasteiger partial charge in [0.25, 0.3) is 0 Å². The predicted octanol–water partition coefficient (Wildman–Crippen LogP) is 2.08. The Labute approximate surface area is 128 Å². The zero-order chi connectivity index (χ0) is 15.1. The van der Waals surface area contributed by atoms with Crippen molar-refractivity contribution in [3.63, 3.8) is 0 Å². The second-order valence-electron chi connectivity index (χ2n) is 6.30. The minimum absolute atomic E-state index is 0.609. The fourth-order valence-electron chi connectivity index (χ4n) is 2.74. The van der Waals surface area contributed by atoms with Crippen molar-refractivity contribution in [1.29, 1.82) is 0 Å². The molecule has 1 fully saturated rings. The van der Waals surface area contributed by atoms with Gasteiger partial charge in [0, 0.05) is 26.7 Å². The van der Waals surface area contributed by atoms with Gasteiger partial charge in [-0.2, -0.15) is 0 Å². The summed E-state index contributed by atoms with van der Waals surface area (Å²) in [6.45, 7) is 9.13. The summed E-state index contributed by atoms with van der Waals surface area (Å²) in [6, 6.07) is 0. The van der Waals surface area contributed by atoms with Crippen molar-refractivity contribution in [2.45, 2.75) is 33.2 Å². The average Bonchev–Trinajstić information content (AvgIpc) is 2.48. The molecule has 1 aliphatic heterocycles. The number of rotatable bonds is 7. The zero-order valence-corrected chi connectivity index (χ0v) is 13.5. The molecule has 0 spiro atoms. The van der Waals surface area contributed by atoms with Crippen LogP contribution in [0.25, 0.3) is 0 Å². The first-order valence-electron chi connectivity index (χ1n) is 7.94. The van der Waals surface area contributed by atoms with E-state index in [1.54, 1.807) is 7.11 Å². The Balaban J connectivity index is 1.86. The number of nitrogens with zero attached hydrogens (tertiary/aromatic N) is 3. The summed E-state index contributed by atoms with van der Waals surface area (Å²) < 4.78 is 5.28. The smallest absolute Gasteiger partial charge is 0.147 e. The zero-order valence-electron chi connectivity index (χ0n) is 13.5. The third-order valence-corrected chi connectivity index (χ3v) is 3.80. The number of piperidine rings is 1. The Morgan fingerprint density at radius 2 is 2.24 bits per heavy atom. The lowest BCUT2D eigenvalue weighted by Crippen LogP contribution is -2.37. The Bertz CT molecular complexity index is 405. The third-order valence-electron chi connectivity index (χ3n) is 3.80. The van der Waals surface area contributed by atoms with Crippen LogP contribution in [0.3, 0.4) is 0 Å². The van der Waals surface area contributed by atoms with Crippen LogP contribution in [0.5, 0.6) is 0 Å². The van der Waals surface area contributed by atoms with Crippen LogP contribution in [0.4, 0.5) is 5.82 Å².